The first-order valence-corrected chi connectivity index (χ1v) is 7.07. The Bertz CT molecular complexity index is 470. The van der Waals surface area contributed by atoms with Crippen LogP contribution in [0.2, 0.25) is 0 Å². The molecule has 0 saturated carbocycles. The van der Waals surface area contributed by atoms with Crippen LogP contribution in [0.4, 0.5) is 0 Å². The van der Waals surface area contributed by atoms with Crippen molar-refractivity contribution in [1.82, 2.24) is 4.98 Å². The fourth-order valence-corrected chi connectivity index (χ4v) is 2.24. The second-order valence-corrected chi connectivity index (χ2v) is 4.97. The van der Waals surface area contributed by atoms with Crippen molar-refractivity contribution < 1.29 is 4.74 Å². The summed E-state index contributed by atoms with van der Waals surface area (Å²) in [7, 11) is 0. The van der Waals surface area contributed by atoms with Crippen LogP contribution in [0, 0.1) is 0 Å². The summed E-state index contributed by atoms with van der Waals surface area (Å²) in [5, 5.41) is 2.00. The van der Waals surface area contributed by atoms with E-state index in [-0.39, 0.29) is 6.04 Å². The third-order valence-electron chi connectivity index (χ3n) is 2.84. The summed E-state index contributed by atoms with van der Waals surface area (Å²) in [6, 6.07) is 8.26. The zero-order valence-corrected chi connectivity index (χ0v) is 11.3. The van der Waals surface area contributed by atoms with Gasteiger partial charge in [0.15, 0.2) is 0 Å². The summed E-state index contributed by atoms with van der Waals surface area (Å²) in [6.45, 7) is 2.62. The van der Waals surface area contributed by atoms with Gasteiger partial charge in [-0.15, -0.1) is 11.3 Å². The van der Waals surface area contributed by atoms with Gasteiger partial charge in [-0.2, -0.15) is 0 Å². The number of aromatic nitrogens is 1. The van der Waals surface area contributed by atoms with Crippen molar-refractivity contribution in [1.29, 1.82) is 0 Å². The molecule has 18 heavy (non-hydrogen) atoms. The first-order chi connectivity index (χ1) is 8.79. The molecule has 0 fully saturated rings. The van der Waals surface area contributed by atoms with Crippen LogP contribution in [-0.2, 0) is 13.0 Å². The van der Waals surface area contributed by atoms with E-state index in [1.165, 1.54) is 5.56 Å². The Kier molecular flexibility index (Phi) is 4.73. The maximum absolute atomic E-state index is 6.00. The highest BCUT2D eigenvalue weighted by atomic mass is 32.1. The van der Waals surface area contributed by atoms with E-state index in [9.17, 15) is 0 Å². The van der Waals surface area contributed by atoms with Crippen molar-refractivity contribution in [2.75, 3.05) is 0 Å². The van der Waals surface area contributed by atoms with Crippen LogP contribution in [0.3, 0.4) is 0 Å². The monoisotopic (exact) mass is 262 g/mol. The number of nitrogens with zero attached hydrogens (tertiary/aromatic N) is 1. The highest BCUT2D eigenvalue weighted by molar-refractivity contribution is 7.07. The average Bonchev–Trinajstić information content (AvgIpc) is 2.91. The fraction of sp³-hybridized carbons (Fsp3) is 0.357. The maximum Gasteiger partial charge on any atom is 0.131 e. The second kappa shape index (κ2) is 6.52. The Morgan fingerprint density at radius 1 is 1.39 bits per heavy atom. The number of para-hydroxylation sites is 1. The third kappa shape index (κ3) is 3.55. The second-order valence-electron chi connectivity index (χ2n) is 4.25. The fourth-order valence-electron chi connectivity index (χ4n) is 1.70. The SMILES string of the molecule is CCC(N)Cc1ccccc1OCc1cscn1. The molecular weight excluding hydrogens is 244 g/mol. The normalized spacial score (nSPS) is 12.3. The van der Waals surface area contributed by atoms with Gasteiger partial charge in [0.25, 0.3) is 0 Å². The van der Waals surface area contributed by atoms with Crippen molar-refractivity contribution in [3.63, 3.8) is 0 Å². The number of nitrogens with two attached hydrogens (primary N) is 1. The molecule has 0 amide bonds. The largest absolute Gasteiger partial charge is 0.487 e. The first-order valence-electron chi connectivity index (χ1n) is 6.13. The van der Waals surface area contributed by atoms with E-state index >= 15 is 0 Å². The zero-order valence-electron chi connectivity index (χ0n) is 10.5. The molecule has 1 unspecified atom stereocenters. The minimum Gasteiger partial charge on any atom is -0.487 e. The highest BCUT2D eigenvalue weighted by Crippen LogP contribution is 2.21. The van der Waals surface area contributed by atoms with Crippen LogP contribution in [0.1, 0.15) is 24.6 Å². The summed E-state index contributed by atoms with van der Waals surface area (Å²) in [5.74, 6) is 0.911. The van der Waals surface area contributed by atoms with Gasteiger partial charge in [-0.1, -0.05) is 25.1 Å². The van der Waals surface area contributed by atoms with E-state index in [0.29, 0.717) is 6.61 Å². The summed E-state index contributed by atoms with van der Waals surface area (Å²) in [6.07, 6.45) is 1.82. The smallest absolute Gasteiger partial charge is 0.131 e. The Morgan fingerprint density at radius 3 is 2.94 bits per heavy atom. The number of thiazole rings is 1. The standard InChI is InChI=1S/C14H18N2OS/c1-2-12(15)7-11-5-3-4-6-14(11)17-8-13-9-18-10-16-13/h3-6,9-10,12H,2,7-8,15H2,1H3. The van der Waals surface area contributed by atoms with Crippen molar-refractivity contribution in [2.45, 2.75) is 32.4 Å². The molecule has 1 aromatic carbocycles. The van der Waals surface area contributed by atoms with Crippen LogP contribution in [0.25, 0.3) is 0 Å². The summed E-state index contributed by atoms with van der Waals surface area (Å²) in [4.78, 5) is 4.21. The van der Waals surface area contributed by atoms with Crippen LogP contribution in [0.5, 0.6) is 5.75 Å². The summed E-state index contributed by atoms with van der Waals surface area (Å²) < 4.78 is 5.82. The molecule has 2 aromatic rings. The van der Waals surface area contributed by atoms with E-state index < -0.39 is 0 Å². The lowest BCUT2D eigenvalue weighted by molar-refractivity contribution is 0.298. The Morgan fingerprint density at radius 2 is 2.22 bits per heavy atom. The van der Waals surface area contributed by atoms with Gasteiger partial charge in [-0.3, -0.25) is 0 Å². The van der Waals surface area contributed by atoms with E-state index in [1.807, 2.05) is 29.1 Å². The number of rotatable bonds is 6. The molecular formula is C14H18N2OS. The van der Waals surface area contributed by atoms with E-state index in [4.69, 9.17) is 10.5 Å². The summed E-state index contributed by atoms with van der Waals surface area (Å²) in [5.41, 5.74) is 9.95. The van der Waals surface area contributed by atoms with E-state index in [2.05, 4.69) is 18.0 Å². The van der Waals surface area contributed by atoms with Crippen molar-refractivity contribution in [3.8, 4) is 5.75 Å². The van der Waals surface area contributed by atoms with E-state index in [0.717, 1.165) is 24.3 Å². The van der Waals surface area contributed by atoms with Gasteiger partial charge in [-0.05, 0) is 24.5 Å². The molecule has 3 nitrogen and oxygen atoms in total. The quantitative estimate of drug-likeness (QED) is 0.870. The number of ether oxygens (including phenoxy) is 1. The first kappa shape index (κ1) is 13.1. The van der Waals surface area contributed by atoms with Gasteiger partial charge in [0.1, 0.15) is 12.4 Å². The van der Waals surface area contributed by atoms with E-state index in [1.54, 1.807) is 11.3 Å². The van der Waals surface area contributed by atoms with Crippen molar-refractivity contribution >= 4 is 11.3 Å². The molecule has 0 spiro atoms. The molecule has 0 radical (unpaired) electrons. The van der Waals surface area contributed by atoms with Gasteiger partial charge in [0.2, 0.25) is 0 Å². The maximum atomic E-state index is 6.00. The molecule has 1 heterocycles. The molecule has 2 rings (SSSR count). The van der Waals surface area contributed by atoms with Gasteiger partial charge < -0.3 is 10.5 Å². The Balaban J connectivity index is 2.02. The van der Waals surface area contributed by atoms with Crippen LogP contribution >= 0.6 is 11.3 Å². The molecule has 0 aliphatic heterocycles. The minimum atomic E-state index is 0.189. The van der Waals surface area contributed by atoms with Gasteiger partial charge >= 0.3 is 0 Å². The predicted octanol–water partition coefficient (Wildman–Crippen LogP) is 3.00. The molecule has 1 aromatic heterocycles. The van der Waals surface area contributed by atoms with Gasteiger partial charge in [0.05, 0.1) is 11.2 Å². The lowest BCUT2D eigenvalue weighted by Gasteiger charge is -2.13. The lowest BCUT2D eigenvalue weighted by Crippen LogP contribution is -2.21. The summed E-state index contributed by atoms with van der Waals surface area (Å²) >= 11 is 1.58. The number of hydrogen-bond donors (Lipinski definition) is 1. The van der Waals surface area contributed by atoms with Gasteiger partial charge in [0, 0.05) is 11.4 Å². The Hall–Kier alpha value is -1.39. The van der Waals surface area contributed by atoms with Gasteiger partial charge in [-0.25, -0.2) is 4.98 Å². The van der Waals surface area contributed by atoms with Crippen LogP contribution in [-0.4, -0.2) is 11.0 Å². The molecule has 1 atom stereocenters. The number of hydrogen-bond acceptors (Lipinski definition) is 4. The lowest BCUT2D eigenvalue weighted by atomic mass is 10.0. The topological polar surface area (TPSA) is 48.1 Å². The zero-order chi connectivity index (χ0) is 12.8. The number of benzene rings is 1. The molecule has 96 valence electrons. The van der Waals surface area contributed by atoms with Crippen LogP contribution in [0.15, 0.2) is 35.2 Å². The van der Waals surface area contributed by atoms with Crippen molar-refractivity contribution in [3.05, 3.63) is 46.4 Å². The molecule has 0 aliphatic rings. The highest BCUT2D eigenvalue weighted by Gasteiger charge is 2.07. The third-order valence-corrected chi connectivity index (χ3v) is 3.47. The molecule has 0 bridgehead atoms. The molecule has 0 aliphatic carbocycles. The predicted molar refractivity (Wildman–Crippen MR) is 74.9 cm³/mol. The molecule has 4 heteroatoms. The Labute approximate surface area is 112 Å². The molecule has 2 N–H and O–H groups in total. The molecule has 0 saturated heterocycles. The average molecular weight is 262 g/mol. The van der Waals surface area contributed by atoms with Crippen LogP contribution < -0.4 is 10.5 Å². The van der Waals surface area contributed by atoms with Crippen molar-refractivity contribution in [2.24, 2.45) is 5.73 Å². The minimum absolute atomic E-state index is 0.189.